The van der Waals surface area contributed by atoms with E-state index in [-0.39, 0.29) is 17.3 Å². The van der Waals surface area contributed by atoms with Gasteiger partial charge in [0, 0.05) is 32.0 Å². The first-order valence-corrected chi connectivity index (χ1v) is 14.3. The van der Waals surface area contributed by atoms with E-state index >= 15 is 0 Å². The summed E-state index contributed by atoms with van der Waals surface area (Å²) in [6, 6.07) is 14.5. The summed E-state index contributed by atoms with van der Waals surface area (Å²) in [4.78, 5) is 20.8. The summed E-state index contributed by atoms with van der Waals surface area (Å²) in [6.07, 6.45) is 4.85. The topological polar surface area (TPSA) is 88.4 Å². The van der Waals surface area contributed by atoms with Crippen LogP contribution in [0.4, 0.5) is 5.13 Å². The molecule has 0 saturated carbocycles. The summed E-state index contributed by atoms with van der Waals surface area (Å²) < 4.78 is 30.8. The Kier molecular flexibility index (Phi) is 6.92. The summed E-state index contributed by atoms with van der Waals surface area (Å²) >= 11 is 1.50. The Morgan fingerprint density at radius 3 is 2.72 bits per heavy atom. The van der Waals surface area contributed by atoms with E-state index < -0.39 is 15.9 Å². The van der Waals surface area contributed by atoms with Crippen LogP contribution in [0.3, 0.4) is 0 Å². The number of piperidine rings is 1. The van der Waals surface area contributed by atoms with Crippen LogP contribution >= 0.6 is 11.3 Å². The number of anilines is 1. The van der Waals surface area contributed by atoms with Gasteiger partial charge in [-0.1, -0.05) is 35.6 Å². The third kappa shape index (κ3) is 4.93. The average Bonchev–Trinajstić information content (AvgIpc) is 3.55. The Labute approximate surface area is 215 Å². The maximum atomic E-state index is 13.9. The highest BCUT2D eigenvalue weighted by Crippen LogP contribution is 2.34. The Morgan fingerprint density at radius 1 is 1.17 bits per heavy atom. The molecular weight excluding hydrogens is 494 g/mol. The quantitative estimate of drug-likeness (QED) is 0.362. The van der Waals surface area contributed by atoms with Crippen molar-refractivity contribution in [1.29, 1.82) is 0 Å². The highest BCUT2D eigenvalue weighted by molar-refractivity contribution is 7.89. The van der Waals surface area contributed by atoms with Crippen LogP contribution in [0.2, 0.25) is 0 Å². The molecule has 0 bridgehead atoms. The first kappa shape index (κ1) is 24.6. The number of nitrogens with zero attached hydrogens (tertiary/aromatic N) is 5. The second-order valence-electron chi connectivity index (χ2n) is 9.20. The first-order valence-electron chi connectivity index (χ1n) is 12.0. The van der Waals surface area contributed by atoms with Crippen molar-refractivity contribution < 1.29 is 13.2 Å². The van der Waals surface area contributed by atoms with E-state index in [0.29, 0.717) is 37.6 Å². The van der Waals surface area contributed by atoms with Crippen LogP contribution in [-0.4, -0.2) is 53.0 Å². The van der Waals surface area contributed by atoms with Gasteiger partial charge in [-0.3, -0.25) is 14.4 Å². The number of aromatic nitrogens is 3. The maximum Gasteiger partial charge on any atom is 0.243 e. The molecule has 0 spiro atoms. The largest absolute Gasteiger partial charge is 0.286 e. The Hall–Kier alpha value is -3.08. The molecule has 1 aliphatic rings. The molecule has 1 aliphatic heterocycles. The molecular formula is C26H29N5O3S2. The van der Waals surface area contributed by atoms with E-state index in [0.717, 1.165) is 21.3 Å². The number of amides is 1. The Morgan fingerprint density at radius 2 is 1.97 bits per heavy atom. The molecule has 3 heterocycles. The second kappa shape index (κ2) is 10.1. The third-order valence-electron chi connectivity index (χ3n) is 6.54. The van der Waals surface area contributed by atoms with Crippen LogP contribution in [0.25, 0.3) is 10.2 Å². The number of hydrogen-bond donors (Lipinski definition) is 0. The molecule has 1 fully saturated rings. The molecule has 2 aromatic carbocycles. The number of carbonyl (C=O) groups is 1. The van der Waals surface area contributed by atoms with Gasteiger partial charge in [0.2, 0.25) is 15.9 Å². The van der Waals surface area contributed by atoms with Crippen molar-refractivity contribution in [3.8, 4) is 0 Å². The highest BCUT2D eigenvalue weighted by Gasteiger charge is 2.36. The van der Waals surface area contributed by atoms with Crippen molar-refractivity contribution in [1.82, 2.24) is 19.1 Å². The molecule has 5 rings (SSSR count). The van der Waals surface area contributed by atoms with Gasteiger partial charge in [-0.25, -0.2) is 13.4 Å². The van der Waals surface area contributed by atoms with Crippen LogP contribution in [0.15, 0.2) is 65.8 Å². The van der Waals surface area contributed by atoms with Crippen LogP contribution in [0.5, 0.6) is 0 Å². The van der Waals surface area contributed by atoms with Crippen LogP contribution in [-0.2, 0) is 21.4 Å². The van der Waals surface area contributed by atoms with Gasteiger partial charge >= 0.3 is 0 Å². The number of carbonyl (C=O) groups excluding carboxylic acids is 1. The summed E-state index contributed by atoms with van der Waals surface area (Å²) in [6.45, 7) is 5.58. The van der Waals surface area contributed by atoms with Gasteiger partial charge in [-0.15, -0.1) is 0 Å². The fourth-order valence-electron chi connectivity index (χ4n) is 4.73. The fraction of sp³-hybridized carbons (Fsp3) is 0.346. The number of hydrogen-bond acceptors (Lipinski definition) is 6. The minimum atomic E-state index is -3.66. The maximum absolute atomic E-state index is 13.9. The van der Waals surface area contributed by atoms with Gasteiger partial charge in [-0.05, 0) is 62.1 Å². The van der Waals surface area contributed by atoms with E-state index in [1.165, 1.54) is 15.6 Å². The predicted octanol–water partition coefficient (Wildman–Crippen LogP) is 4.24. The summed E-state index contributed by atoms with van der Waals surface area (Å²) in [5.74, 6) is -0.534. The van der Waals surface area contributed by atoms with E-state index in [1.54, 1.807) is 46.1 Å². The third-order valence-corrected chi connectivity index (χ3v) is 9.45. The zero-order valence-electron chi connectivity index (χ0n) is 20.4. The smallest absolute Gasteiger partial charge is 0.243 e. The van der Waals surface area contributed by atoms with Crippen molar-refractivity contribution >= 4 is 42.6 Å². The number of aryl methyl sites for hydroxylation is 2. The van der Waals surface area contributed by atoms with Crippen molar-refractivity contribution in [2.45, 2.75) is 38.1 Å². The zero-order valence-corrected chi connectivity index (χ0v) is 22.0. The van der Waals surface area contributed by atoms with Gasteiger partial charge in [0.05, 0.1) is 27.6 Å². The van der Waals surface area contributed by atoms with Crippen molar-refractivity contribution in [3.05, 3.63) is 72.1 Å². The molecule has 188 valence electrons. The SMILES string of the molecule is Cc1cc(C)c2nc(N(CCn3cccn3)C(=O)C3CCCN(S(=O)(=O)c4ccccc4)C3)sc2c1. The normalized spacial score (nSPS) is 16.9. The van der Waals surface area contributed by atoms with Gasteiger partial charge in [0.25, 0.3) is 0 Å². The highest BCUT2D eigenvalue weighted by atomic mass is 32.2. The van der Waals surface area contributed by atoms with E-state index in [9.17, 15) is 13.2 Å². The van der Waals surface area contributed by atoms with E-state index in [1.807, 2.05) is 19.2 Å². The fourth-order valence-corrected chi connectivity index (χ4v) is 7.45. The van der Waals surface area contributed by atoms with E-state index in [4.69, 9.17) is 4.98 Å². The molecule has 8 nitrogen and oxygen atoms in total. The number of fused-ring (bicyclic) bond motifs is 1. The molecule has 1 atom stereocenters. The lowest BCUT2D eigenvalue weighted by atomic mass is 9.98. The van der Waals surface area contributed by atoms with Gasteiger partial charge in [-0.2, -0.15) is 9.40 Å². The number of sulfonamides is 1. The summed E-state index contributed by atoms with van der Waals surface area (Å²) in [7, 11) is -3.66. The Bertz CT molecular complexity index is 1470. The lowest BCUT2D eigenvalue weighted by Gasteiger charge is -2.33. The van der Waals surface area contributed by atoms with Crippen LogP contribution in [0.1, 0.15) is 24.0 Å². The molecule has 4 aromatic rings. The molecule has 1 saturated heterocycles. The van der Waals surface area contributed by atoms with Crippen molar-refractivity contribution in [2.75, 3.05) is 24.5 Å². The van der Waals surface area contributed by atoms with E-state index in [2.05, 4.69) is 24.2 Å². The zero-order chi connectivity index (χ0) is 25.3. The summed E-state index contributed by atoms with van der Waals surface area (Å²) in [5.41, 5.74) is 3.12. The molecule has 0 radical (unpaired) electrons. The number of benzene rings is 2. The van der Waals surface area contributed by atoms with Gasteiger partial charge in [0.15, 0.2) is 5.13 Å². The van der Waals surface area contributed by atoms with Gasteiger partial charge < -0.3 is 0 Å². The molecule has 10 heteroatoms. The average molecular weight is 524 g/mol. The van der Waals surface area contributed by atoms with Crippen LogP contribution < -0.4 is 4.90 Å². The molecule has 36 heavy (non-hydrogen) atoms. The van der Waals surface area contributed by atoms with Crippen molar-refractivity contribution in [2.24, 2.45) is 5.92 Å². The van der Waals surface area contributed by atoms with Gasteiger partial charge in [0.1, 0.15) is 0 Å². The molecule has 1 amide bonds. The Balaban J connectivity index is 1.44. The number of thiazole rings is 1. The second-order valence-corrected chi connectivity index (χ2v) is 12.1. The molecule has 1 unspecified atom stereocenters. The lowest BCUT2D eigenvalue weighted by molar-refractivity contribution is -0.123. The first-order chi connectivity index (χ1) is 17.3. The minimum Gasteiger partial charge on any atom is -0.286 e. The van der Waals surface area contributed by atoms with Crippen LogP contribution in [0, 0.1) is 19.8 Å². The monoisotopic (exact) mass is 523 g/mol. The standard InChI is InChI=1S/C26H29N5O3S2/c1-19-16-20(2)24-23(17-19)35-26(28-24)31(15-14-29-12-7-11-27-29)25(32)21-8-6-13-30(18-21)36(33,34)22-9-4-3-5-10-22/h3-5,7,9-12,16-17,21H,6,8,13-15,18H2,1-2H3. The lowest BCUT2D eigenvalue weighted by Crippen LogP contribution is -2.47. The summed E-state index contributed by atoms with van der Waals surface area (Å²) in [5, 5.41) is 4.91. The predicted molar refractivity (Wildman–Crippen MR) is 142 cm³/mol. The molecule has 0 N–H and O–H groups in total. The molecule has 2 aromatic heterocycles. The van der Waals surface area contributed by atoms with Crippen molar-refractivity contribution in [3.63, 3.8) is 0 Å². The molecule has 0 aliphatic carbocycles. The number of rotatable bonds is 7. The minimum absolute atomic E-state index is 0.0939.